The minimum atomic E-state index is -4.97. The molecule has 1 aromatic heterocycles. The summed E-state index contributed by atoms with van der Waals surface area (Å²) in [4.78, 5) is 22.0. The van der Waals surface area contributed by atoms with Crippen LogP contribution >= 0.6 is 0 Å². The van der Waals surface area contributed by atoms with Gasteiger partial charge in [-0.2, -0.15) is 18.3 Å². The van der Waals surface area contributed by atoms with Crippen LogP contribution in [0.5, 0.6) is 0 Å². The van der Waals surface area contributed by atoms with Crippen LogP contribution in [0, 0.1) is 6.92 Å². The molecular formula is C9H9F3N2O2. The van der Waals surface area contributed by atoms with Crippen molar-refractivity contribution < 1.29 is 22.8 Å². The Bertz CT molecular complexity index is 434. The van der Waals surface area contributed by atoms with Gasteiger partial charge >= 0.3 is 6.18 Å². The maximum Gasteiger partial charge on any atom is 0.450 e. The molecule has 0 saturated heterocycles. The van der Waals surface area contributed by atoms with Gasteiger partial charge in [-0.1, -0.05) is 0 Å². The highest BCUT2D eigenvalue weighted by molar-refractivity contribution is 6.09. The van der Waals surface area contributed by atoms with E-state index >= 15 is 0 Å². The Labute approximate surface area is 89.0 Å². The van der Waals surface area contributed by atoms with Gasteiger partial charge in [-0.3, -0.25) is 14.3 Å². The number of ketones is 2. The molecule has 1 rings (SSSR count). The number of aryl methyl sites for hydroxylation is 2. The highest BCUT2D eigenvalue weighted by Crippen LogP contribution is 2.19. The molecule has 0 spiro atoms. The standard InChI is InChI=1S/C9H9F3N2O2/c1-5-6(4-14(2)13-5)7(15)3-8(16)9(10,11)12/h4H,3H2,1-2H3. The average Bonchev–Trinajstić information content (AvgIpc) is 2.43. The van der Waals surface area contributed by atoms with Crippen LogP contribution in [0.25, 0.3) is 0 Å². The first-order chi connectivity index (χ1) is 7.21. The number of hydrogen-bond acceptors (Lipinski definition) is 3. The topological polar surface area (TPSA) is 52.0 Å². The van der Waals surface area contributed by atoms with Crippen LogP contribution in [0.4, 0.5) is 13.2 Å². The van der Waals surface area contributed by atoms with E-state index < -0.39 is 24.2 Å². The van der Waals surface area contributed by atoms with Crippen LogP contribution in [0.15, 0.2) is 6.20 Å². The SMILES string of the molecule is Cc1nn(C)cc1C(=O)CC(=O)C(F)(F)F. The van der Waals surface area contributed by atoms with Gasteiger partial charge in [0.15, 0.2) is 5.78 Å². The summed E-state index contributed by atoms with van der Waals surface area (Å²) in [5.74, 6) is -2.91. The number of Topliss-reactive ketones (excluding diaryl/α,β-unsaturated/α-hetero) is 2. The molecular weight excluding hydrogens is 225 g/mol. The quantitative estimate of drug-likeness (QED) is 0.587. The fourth-order valence-electron chi connectivity index (χ4n) is 1.21. The second-order valence-corrected chi connectivity index (χ2v) is 3.32. The molecule has 0 bridgehead atoms. The van der Waals surface area contributed by atoms with Crippen molar-refractivity contribution >= 4 is 11.6 Å². The number of rotatable bonds is 3. The Hall–Kier alpha value is -1.66. The molecule has 0 aliphatic rings. The number of hydrogen-bond donors (Lipinski definition) is 0. The lowest BCUT2D eigenvalue weighted by atomic mass is 10.1. The number of aromatic nitrogens is 2. The molecule has 4 nitrogen and oxygen atoms in total. The molecule has 16 heavy (non-hydrogen) atoms. The number of halogens is 3. The van der Waals surface area contributed by atoms with E-state index in [9.17, 15) is 22.8 Å². The predicted octanol–water partition coefficient (Wildman–Crippen LogP) is 1.43. The van der Waals surface area contributed by atoms with E-state index in [-0.39, 0.29) is 5.56 Å². The summed E-state index contributed by atoms with van der Waals surface area (Å²) in [7, 11) is 1.54. The van der Waals surface area contributed by atoms with E-state index in [4.69, 9.17) is 0 Å². The molecule has 1 heterocycles. The summed E-state index contributed by atoms with van der Waals surface area (Å²) in [5, 5.41) is 3.80. The molecule has 0 aromatic carbocycles. The van der Waals surface area contributed by atoms with Crippen LogP contribution in [-0.4, -0.2) is 27.5 Å². The van der Waals surface area contributed by atoms with Crippen LogP contribution in [0.3, 0.4) is 0 Å². The minimum absolute atomic E-state index is 0.0418. The Kier molecular flexibility index (Phi) is 3.16. The smallest absolute Gasteiger partial charge is 0.294 e. The molecule has 0 amide bonds. The highest BCUT2D eigenvalue weighted by atomic mass is 19.4. The Morgan fingerprint density at radius 1 is 1.44 bits per heavy atom. The van der Waals surface area contributed by atoms with Gasteiger partial charge < -0.3 is 0 Å². The van der Waals surface area contributed by atoms with E-state index in [1.54, 1.807) is 0 Å². The Balaban J connectivity index is 2.81. The van der Waals surface area contributed by atoms with Crippen molar-refractivity contribution in [2.45, 2.75) is 19.5 Å². The fraction of sp³-hybridized carbons (Fsp3) is 0.444. The minimum Gasteiger partial charge on any atom is -0.294 e. The van der Waals surface area contributed by atoms with Gasteiger partial charge in [0.2, 0.25) is 5.78 Å². The molecule has 1 aromatic rings. The normalized spacial score (nSPS) is 11.6. The van der Waals surface area contributed by atoms with Crippen molar-refractivity contribution in [2.24, 2.45) is 7.05 Å². The fourth-order valence-corrected chi connectivity index (χ4v) is 1.21. The van der Waals surface area contributed by atoms with Crippen molar-refractivity contribution in [1.82, 2.24) is 9.78 Å². The van der Waals surface area contributed by atoms with Gasteiger partial charge in [0.1, 0.15) is 0 Å². The molecule has 0 saturated carbocycles. The number of carbonyl (C=O) groups excluding carboxylic acids is 2. The summed E-state index contributed by atoms with van der Waals surface area (Å²) in [6.07, 6.45) is -4.84. The van der Waals surface area contributed by atoms with Gasteiger partial charge in [0, 0.05) is 13.2 Å². The summed E-state index contributed by atoms with van der Waals surface area (Å²) < 4.78 is 37.0. The third-order valence-electron chi connectivity index (χ3n) is 1.95. The molecule has 0 atom stereocenters. The predicted molar refractivity (Wildman–Crippen MR) is 48.0 cm³/mol. The summed E-state index contributed by atoms with van der Waals surface area (Å²) in [6.45, 7) is 1.49. The first-order valence-electron chi connectivity index (χ1n) is 4.35. The average molecular weight is 234 g/mol. The highest BCUT2D eigenvalue weighted by Gasteiger charge is 2.39. The van der Waals surface area contributed by atoms with E-state index in [0.717, 1.165) is 0 Å². The van der Waals surface area contributed by atoms with Crippen LogP contribution in [0.1, 0.15) is 22.5 Å². The number of nitrogens with zero attached hydrogens (tertiary/aromatic N) is 2. The second kappa shape index (κ2) is 4.07. The largest absolute Gasteiger partial charge is 0.450 e. The van der Waals surface area contributed by atoms with Crippen molar-refractivity contribution in [1.29, 1.82) is 0 Å². The summed E-state index contributed by atoms with van der Waals surface area (Å²) in [5.41, 5.74) is 0.350. The van der Waals surface area contributed by atoms with Crippen LogP contribution in [-0.2, 0) is 11.8 Å². The van der Waals surface area contributed by atoms with E-state index in [0.29, 0.717) is 5.69 Å². The number of carbonyl (C=O) groups is 2. The first kappa shape index (κ1) is 12.4. The number of alkyl halides is 3. The molecule has 88 valence electrons. The van der Waals surface area contributed by atoms with Gasteiger partial charge in [0.25, 0.3) is 0 Å². The van der Waals surface area contributed by atoms with Crippen LogP contribution in [0.2, 0.25) is 0 Å². The molecule has 0 unspecified atom stereocenters. The Morgan fingerprint density at radius 2 is 2.00 bits per heavy atom. The van der Waals surface area contributed by atoms with E-state index in [2.05, 4.69) is 5.10 Å². The maximum atomic E-state index is 11.9. The van der Waals surface area contributed by atoms with E-state index in [1.165, 1.54) is 24.9 Å². The maximum absolute atomic E-state index is 11.9. The molecule has 0 N–H and O–H groups in total. The van der Waals surface area contributed by atoms with Crippen molar-refractivity contribution in [3.8, 4) is 0 Å². The lowest BCUT2D eigenvalue weighted by Crippen LogP contribution is -2.25. The first-order valence-corrected chi connectivity index (χ1v) is 4.35. The van der Waals surface area contributed by atoms with Crippen molar-refractivity contribution in [2.75, 3.05) is 0 Å². The zero-order chi connectivity index (χ0) is 12.5. The third kappa shape index (κ3) is 2.68. The molecule has 0 aliphatic heterocycles. The lowest BCUT2D eigenvalue weighted by Gasteiger charge is -2.03. The second-order valence-electron chi connectivity index (χ2n) is 3.32. The summed E-state index contributed by atoms with van der Waals surface area (Å²) in [6, 6.07) is 0. The van der Waals surface area contributed by atoms with Crippen molar-refractivity contribution in [3.63, 3.8) is 0 Å². The van der Waals surface area contributed by atoms with Gasteiger partial charge in [0.05, 0.1) is 17.7 Å². The van der Waals surface area contributed by atoms with Crippen molar-refractivity contribution in [3.05, 3.63) is 17.5 Å². The zero-order valence-electron chi connectivity index (χ0n) is 8.63. The lowest BCUT2D eigenvalue weighted by molar-refractivity contribution is -0.170. The Morgan fingerprint density at radius 3 is 2.38 bits per heavy atom. The molecule has 0 aliphatic carbocycles. The third-order valence-corrected chi connectivity index (χ3v) is 1.95. The van der Waals surface area contributed by atoms with Gasteiger partial charge in [-0.05, 0) is 6.92 Å². The van der Waals surface area contributed by atoms with Crippen LogP contribution < -0.4 is 0 Å². The molecule has 0 fully saturated rings. The molecule has 7 heteroatoms. The van der Waals surface area contributed by atoms with E-state index in [1.807, 2.05) is 0 Å². The monoisotopic (exact) mass is 234 g/mol. The molecule has 0 radical (unpaired) electrons. The zero-order valence-corrected chi connectivity index (χ0v) is 8.63. The van der Waals surface area contributed by atoms with Gasteiger partial charge in [-0.15, -0.1) is 0 Å². The van der Waals surface area contributed by atoms with Gasteiger partial charge in [-0.25, -0.2) is 0 Å². The summed E-state index contributed by atoms with van der Waals surface area (Å²) >= 11 is 0.